The molecule has 2 heteroatoms. The van der Waals surface area contributed by atoms with Gasteiger partial charge in [0.05, 0.1) is 0 Å². The SMILES string of the molecule is CCNC(c1ccccc1)C(CC)N(C)C(C)CC. The van der Waals surface area contributed by atoms with Crippen LogP contribution in [0.25, 0.3) is 0 Å². The molecule has 0 amide bonds. The normalized spacial score (nSPS) is 16.3. The Morgan fingerprint density at radius 2 is 1.68 bits per heavy atom. The second kappa shape index (κ2) is 8.34. The van der Waals surface area contributed by atoms with Crippen molar-refractivity contribution in [1.82, 2.24) is 10.2 Å². The number of nitrogens with zero attached hydrogens (tertiary/aromatic N) is 1. The van der Waals surface area contributed by atoms with Gasteiger partial charge in [0.2, 0.25) is 0 Å². The summed E-state index contributed by atoms with van der Waals surface area (Å²) in [7, 11) is 2.26. The molecular weight excluding hydrogens is 232 g/mol. The van der Waals surface area contributed by atoms with Crippen molar-refractivity contribution in [2.75, 3.05) is 13.6 Å². The summed E-state index contributed by atoms with van der Waals surface area (Å²) in [5, 5.41) is 3.67. The highest BCUT2D eigenvalue weighted by molar-refractivity contribution is 5.20. The molecule has 0 radical (unpaired) electrons. The van der Waals surface area contributed by atoms with E-state index in [1.807, 2.05) is 0 Å². The van der Waals surface area contributed by atoms with Crippen LogP contribution < -0.4 is 5.32 Å². The van der Waals surface area contributed by atoms with Crippen molar-refractivity contribution in [2.24, 2.45) is 0 Å². The Kier molecular flexibility index (Phi) is 7.11. The van der Waals surface area contributed by atoms with Crippen LogP contribution in [0.15, 0.2) is 30.3 Å². The standard InChI is InChI=1S/C17H30N2/c1-6-14(4)19(5)16(7-2)17(18-8-3)15-12-10-9-11-13-15/h9-14,16-18H,6-8H2,1-5H3. The lowest BCUT2D eigenvalue weighted by Gasteiger charge is -2.38. The average molecular weight is 262 g/mol. The van der Waals surface area contributed by atoms with Gasteiger partial charge in [-0.05, 0) is 38.9 Å². The molecule has 1 N–H and O–H groups in total. The molecule has 1 aromatic carbocycles. The first-order chi connectivity index (χ1) is 9.15. The summed E-state index contributed by atoms with van der Waals surface area (Å²) in [6.07, 6.45) is 2.36. The van der Waals surface area contributed by atoms with Crippen molar-refractivity contribution < 1.29 is 0 Å². The molecular formula is C17H30N2. The van der Waals surface area contributed by atoms with E-state index in [9.17, 15) is 0 Å². The fourth-order valence-corrected chi connectivity index (χ4v) is 2.73. The molecule has 0 fully saturated rings. The summed E-state index contributed by atoms with van der Waals surface area (Å²) in [6, 6.07) is 12.4. The molecule has 19 heavy (non-hydrogen) atoms. The lowest BCUT2D eigenvalue weighted by Crippen LogP contribution is -2.46. The average Bonchev–Trinajstić information content (AvgIpc) is 2.46. The molecule has 0 heterocycles. The number of nitrogens with one attached hydrogen (secondary N) is 1. The van der Waals surface area contributed by atoms with Gasteiger partial charge in [0, 0.05) is 18.1 Å². The fourth-order valence-electron chi connectivity index (χ4n) is 2.73. The minimum Gasteiger partial charge on any atom is -0.309 e. The van der Waals surface area contributed by atoms with Gasteiger partial charge < -0.3 is 5.32 Å². The van der Waals surface area contributed by atoms with Crippen LogP contribution in [-0.4, -0.2) is 30.6 Å². The highest BCUT2D eigenvalue weighted by Gasteiger charge is 2.26. The van der Waals surface area contributed by atoms with E-state index >= 15 is 0 Å². The Hall–Kier alpha value is -0.860. The highest BCUT2D eigenvalue weighted by Crippen LogP contribution is 2.24. The zero-order valence-corrected chi connectivity index (χ0v) is 13.2. The van der Waals surface area contributed by atoms with E-state index in [2.05, 4.69) is 75.3 Å². The minimum absolute atomic E-state index is 0.412. The van der Waals surface area contributed by atoms with E-state index in [0.29, 0.717) is 18.1 Å². The maximum atomic E-state index is 3.67. The third-order valence-corrected chi connectivity index (χ3v) is 4.19. The van der Waals surface area contributed by atoms with Crippen LogP contribution >= 0.6 is 0 Å². The molecule has 3 atom stereocenters. The van der Waals surface area contributed by atoms with Crippen molar-refractivity contribution in [1.29, 1.82) is 0 Å². The summed E-state index contributed by atoms with van der Waals surface area (Å²) in [4.78, 5) is 2.53. The van der Waals surface area contributed by atoms with Gasteiger partial charge in [0.1, 0.15) is 0 Å². The number of hydrogen-bond donors (Lipinski definition) is 1. The molecule has 0 aliphatic heterocycles. The zero-order valence-electron chi connectivity index (χ0n) is 13.2. The van der Waals surface area contributed by atoms with E-state index in [1.165, 1.54) is 12.0 Å². The largest absolute Gasteiger partial charge is 0.309 e. The number of benzene rings is 1. The molecule has 1 aromatic rings. The summed E-state index contributed by atoms with van der Waals surface area (Å²) < 4.78 is 0. The topological polar surface area (TPSA) is 15.3 Å². The van der Waals surface area contributed by atoms with E-state index in [-0.39, 0.29) is 0 Å². The third-order valence-electron chi connectivity index (χ3n) is 4.19. The van der Waals surface area contributed by atoms with Crippen molar-refractivity contribution in [3.05, 3.63) is 35.9 Å². The second-order valence-corrected chi connectivity index (χ2v) is 5.34. The van der Waals surface area contributed by atoms with Gasteiger partial charge in [-0.3, -0.25) is 4.90 Å². The summed E-state index contributed by atoms with van der Waals surface area (Å²) in [6.45, 7) is 10.1. The van der Waals surface area contributed by atoms with Crippen LogP contribution in [0.2, 0.25) is 0 Å². The smallest absolute Gasteiger partial charge is 0.0477 e. The monoisotopic (exact) mass is 262 g/mol. The van der Waals surface area contributed by atoms with Crippen LogP contribution in [-0.2, 0) is 0 Å². The van der Waals surface area contributed by atoms with Gasteiger partial charge in [-0.2, -0.15) is 0 Å². The van der Waals surface area contributed by atoms with Crippen molar-refractivity contribution in [3.63, 3.8) is 0 Å². The first-order valence-corrected chi connectivity index (χ1v) is 7.65. The highest BCUT2D eigenvalue weighted by atomic mass is 15.2. The molecule has 0 bridgehead atoms. The number of hydrogen-bond acceptors (Lipinski definition) is 2. The molecule has 0 saturated heterocycles. The summed E-state index contributed by atoms with van der Waals surface area (Å²) >= 11 is 0. The molecule has 108 valence electrons. The van der Waals surface area contributed by atoms with Crippen LogP contribution in [0.4, 0.5) is 0 Å². The van der Waals surface area contributed by atoms with Crippen LogP contribution in [0.1, 0.15) is 52.1 Å². The lowest BCUT2D eigenvalue weighted by atomic mass is 9.95. The fraction of sp³-hybridized carbons (Fsp3) is 0.647. The van der Waals surface area contributed by atoms with E-state index in [4.69, 9.17) is 0 Å². The van der Waals surface area contributed by atoms with E-state index in [1.54, 1.807) is 0 Å². The molecule has 0 spiro atoms. The first kappa shape index (κ1) is 16.2. The number of rotatable bonds is 8. The minimum atomic E-state index is 0.412. The molecule has 1 rings (SSSR count). The predicted octanol–water partition coefficient (Wildman–Crippen LogP) is 3.85. The first-order valence-electron chi connectivity index (χ1n) is 7.65. The van der Waals surface area contributed by atoms with Crippen molar-refractivity contribution >= 4 is 0 Å². The van der Waals surface area contributed by atoms with Gasteiger partial charge in [-0.1, -0.05) is 51.1 Å². The van der Waals surface area contributed by atoms with Crippen molar-refractivity contribution in [2.45, 2.75) is 58.7 Å². The van der Waals surface area contributed by atoms with Gasteiger partial charge >= 0.3 is 0 Å². The Morgan fingerprint density at radius 3 is 2.16 bits per heavy atom. The van der Waals surface area contributed by atoms with Crippen LogP contribution in [0.5, 0.6) is 0 Å². The van der Waals surface area contributed by atoms with Gasteiger partial charge in [0.15, 0.2) is 0 Å². The second-order valence-electron chi connectivity index (χ2n) is 5.34. The predicted molar refractivity (Wildman–Crippen MR) is 84.5 cm³/mol. The third kappa shape index (κ3) is 4.32. The van der Waals surface area contributed by atoms with E-state index < -0.39 is 0 Å². The quantitative estimate of drug-likeness (QED) is 0.765. The molecule has 0 aromatic heterocycles. The Balaban J connectivity index is 2.95. The Bertz CT molecular complexity index is 336. The summed E-state index contributed by atoms with van der Waals surface area (Å²) in [5.41, 5.74) is 1.39. The molecule has 3 unspecified atom stereocenters. The molecule has 0 saturated carbocycles. The Labute approximate surface area is 119 Å². The van der Waals surface area contributed by atoms with Gasteiger partial charge in [-0.15, -0.1) is 0 Å². The lowest BCUT2D eigenvalue weighted by molar-refractivity contribution is 0.139. The van der Waals surface area contributed by atoms with Crippen molar-refractivity contribution in [3.8, 4) is 0 Å². The van der Waals surface area contributed by atoms with Gasteiger partial charge in [0.25, 0.3) is 0 Å². The van der Waals surface area contributed by atoms with E-state index in [0.717, 1.165) is 13.0 Å². The van der Waals surface area contributed by atoms with Crippen LogP contribution in [0.3, 0.4) is 0 Å². The molecule has 2 nitrogen and oxygen atoms in total. The Morgan fingerprint density at radius 1 is 1.05 bits per heavy atom. The van der Waals surface area contributed by atoms with Crippen LogP contribution in [0, 0.1) is 0 Å². The number of likely N-dealkylation sites (N-methyl/N-ethyl adjacent to an activating group) is 2. The maximum Gasteiger partial charge on any atom is 0.0477 e. The van der Waals surface area contributed by atoms with Gasteiger partial charge in [-0.25, -0.2) is 0 Å². The maximum absolute atomic E-state index is 3.67. The summed E-state index contributed by atoms with van der Waals surface area (Å²) in [5.74, 6) is 0. The molecule has 0 aliphatic rings. The molecule has 0 aliphatic carbocycles. The zero-order chi connectivity index (χ0) is 14.3.